The van der Waals surface area contributed by atoms with E-state index in [-0.39, 0.29) is 0 Å². The molecule has 2 N–H and O–H groups in total. The topological polar surface area (TPSA) is 29.3 Å². The van der Waals surface area contributed by atoms with Crippen LogP contribution in [-0.4, -0.2) is 30.1 Å². The second-order valence-electron chi connectivity index (χ2n) is 2.95. The van der Waals surface area contributed by atoms with Crippen molar-refractivity contribution in [3.8, 4) is 0 Å². The second-order valence-corrected chi connectivity index (χ2v) is 2.95. The van der Waals surface area contributed by atoms with Crippen LogP contribution >= 0.6 is 0 Å². The van der Waals surface area contributed by atoms with Crippen LogP contribution < -0.4 is 5.73 Å². The molecular formula is C6H12N2. The molecule has 2 heterocycles. The van der Waals surface area contributed by atoms with Crippen LogP contribution in [0.1, 0.15) is 12.8 Å². The highest BCUT2D eigenvalue weighted by Gasteiger charge is 2.49. The molecule has 3 atom stereocenters. The molecule has 0 amide bonds. The third-order valence-electron chi connectivity index (χ3n) is 2.69. The van der Waals surface area contributed by atoms with Gasteiger partial charge in [0.2, 0.25) is 0 Å². The van der Waals surface area contributed by atoms with Gasteiger partial charge in [-0.1, -0.05) is 0 Å². The fourth-order valence-electron chi connectivity index (χ4n) is 2.08. The quantitative estimate of drug-likeness (QED) is 0.470. The van der Waals surface area contributed by atoms with Crippen molar-refractivity contribution in [1.82, 2.24) is 4.90 Å². The molecule has 2 aliphatic heterocycles. The van der Waals surface area contributed by atoms with Crippen molar-refractivity contribution in [1.29, 1.82) is 0 Å². The summed E-state index contributed by atoms with van der Waals surface area (Å²) >= 11 is 0. The molecule has 0 aromatic heterocycles. The Morgan fingerprint density at radius 3 is 2.00 bits per heavy atom. The predicted octanol–water partition coefficient (Wildman–Crippen LogP) is -0.210. The van der Waals surface area contributed by atoms with Crippen molar-refractivity contribution < 1.29 is 0 Å². The molecular weight excluding hydrogens is 100 g/mol. The lowest BCUT2D eigenvalue weighted by Gasteiger charge is -2.43. The molecule has 0 aromatic rings. The minimum absolute atomic E-state index is 0.514. The van der Waals surface area contributed by atoms with Crippen LogP contribution in [0, 0.1) is 0 Å². The highest BCUT2D eigenvalue weighted by molar-refractivity contribution is 5.08. The van der Waals surface area contributed by atoms with Crippen LogP contribution in [0.15, 0.2) is 0 Å². The predicted molar refractivity (Wildman–Crippen MR) is 32.5 cm³/mol. The lowest BCUT2D eigenvalue weighted by molar-refractivity contribution is 0.0822. The lowest BCUT2D eigenvalue weighted by Crippen LogP contribution is -2.63. The number of likely N-dealkylation sites (N-methyl/N-ethyl adjacent to an activating group) is 1. The van der Waals surface area contributed by atoms with Gasteiger partial charge in [0.05, 0.1) is 0 Å². The highest BCUT2D eigenvalue weighted by Crippen LogP contribution is 2.37. The molecule has 3 aliphatic rings. The molecule has 3 rings (SSSR count). The van der Waals surface area contributed by atoms with E-state index >= 15 is 0 Å². The number of nitrogens with zero attached hydrogens (tertiary/aromatic N) is 1. The Bertz CT molecular complexity index is 91.1. The van der Waals surface area contributed by atoms with E-state index in [2.05, 4.69) is 11.9 Å². The number of hydrogen-bond donors (Lipinski definition) is 1. The molecule has 8 heavy (non-hydrogen) atoms. The first-order chi connectivity index (χ1) is 3.80. The van der Waals surface area contributed by atoms with Crippen molar-refractivity contribution in [3.63, 3.8) is 0 Å². The van der Waals surface area contributed by atoms with Gasteiger partial charge >= 0.3 is 0 Å². The van der Waals surface area contributed by atoms with E-state index in [9.17, 15) is 0 Å². The van der Waals surface area contributed by atoms with Crippen molar-refractivity contribution in [3.05, 3.63) is 0 Å². The van der Waals surface area contributed by atoms with Gasteiger partial charge in [-0.2, -0.15) is 0 Å². The minimum atomic E-state index is 0.514. The van der Waals surface area contributed by atoms with Gasteiger partial charge in [-0.3, -0.25) is 4.90 Å². The van der Waals surface area contributed by atoms with Crippen LogP contribution in [0.4, 0.5) is 0 Å². The van der Waals surface area contributed by atoms with Gasteiger partial charge in [0.25, 0.3) is 0 Å². The average Bonchev–Trinajstić information content (AvgIpc) is 2.26. The maximum absolute atomic E-state index is 5.78. The second kappa shape index (κ2) is 1.25. The fourth-order valence-corrected chi connectivity index (χ4v) is 2.08. The molecule has 46 valence electrons. The largest absolute Gasteiger partial charge is 0.325 e. The summed E-state index contributed by atoms with van der Waals surface area (Å²) in [5.41, 5.74) is 5.78. The summed E-state index contributed by atoms with van der Waals surface area (Å²) in [7, 11) is 2.17. The zero-order chi connectivity index (χ0) is 5.72. The monoisotopic (exact) mass is 112 g/mol. The summed E-state index contributed by atoms with van der Waals surface area (Å²) in [6.45, 7) is 0. The van der Waals surface area contributed by atoms with Crippen LogP contribution in [0.2, 0.25) is 0 Å². The van der Waals surface area contributed by atoms with Gasteiger partial charge in [-0.05, 0) is 19.9 Å². The van der Waals surface area contributed by atoms with Crippen LogP contribution in [0.3, 0.4) is 0 Å². The maximum atomic E-state index is 5.78. The van der Waals surface area contributed by atoms with Crippen LogP contribution in [-0.2, 0) is 0 Å². The van der Waals surface area contributed by atoms with Gasteiger partial charge in [0.1, 0.15) is 0 Å². The van der Waals surface area contributed by atoms with E-state index in [0.717, 1.165) is 12.1 Å². The summed E-state index contributed by atoms with van der Waals surface area (Å²) in [6.07, 6.45) is 2.67. The molecule has 0 radical (unpaired) electrons. The fraction of sp³-hybridized carbons (Fsp3) is 1.00. The normalized spacial score (nSPS) is 54.0. The summed E-state index contributed by atoms with van der Waals surface area (Å²) in [4.78, 5) is 2.39. The van der Waals surface area contributed by atoms with Gasteiger partial charge in [0.15, 0.2) is 0 Å². The standard InChI is InChI=1S/C6H12N2/c1-8-4-2-3-5(8)6(4)7/h4-6H,2-3,7H2,1H3/t4-,5+,6?. The number of nitrogens with two attached hydrogens (primary N) is 1. The summed E-state index contributed by atoms with van der Waals surface area (Å²) in [6, 6.07) is 1.99. The molecule has 2 nitrogen and oxygen atoms in total. The first kappa shape index (κ1) is 4.77. The van der Waals surface area contributed by atoms with E-state index in [1.54, 1.807) is 0 Å². The molecule has 3 fully saturated rings. The Kier molecular flexibility index (Phi) is 0.746. The highest BCUT2D eigenvalue weighted by atomic mass is 15.3. The minimum Gasteiger partial charge on any atom is -0.325 e. The summed E-state index contributed by atoms with van der Waals surface area (Å²) < 4.78 is 0. The van der Waals surface area contributed by atoms with Gasteiger partial charge in [-0.25, -0.2) is 0 Å². The van der Waals surface area contributed by atoms with E-state index in [4.69, 9.17) is 5.73 Å². The Morgan fingerprint density at radius 1 is 1.38 bits per heavy atom. The van der Waals surface area contributed by atoms with Crippen LogP contribution in [0.5, 0.6) is 0 Å². The first-order valence-electron chi connectivity index (χ1n) is 3.28. The van der Waals surface area contributed by atoms with Crippen molar-refractivity contribution in [2.75, 3.05) is 7.05 Å². The molecule has 0 spiro atoms. The Hall–Kier alpha value is -0.0800. The number of fused-ring (bicyclic) bond motifs is 1. The Morgan fingerprint density at radius 2 is 1.88 bits per heavy atom. The van der Waals surface area contributed by atoms with Gasteiger partial charge in [-0.15, -0.1) is 0 Å². The average molecular weight is 112 g/mol. The van der Waals surface area contributed by atoms with Gasteiger partial charge in [0, 0.05) is 18.1 Å². The molecule has 2 heteroatoms. The van der Waals surface area contributed by atoms with Crippen molar-refractivity contribution in [2.45, 2.75) is 31.0 Å². The summed E-state index contributed by atoms with van der Waals surface area (Å²) in [5, 5.41) is 0. The van der Waals surface area contributed by atoms with Crippen molar-refractivity contribution in [2.24, 2.45) is 5.73 Å². The molecule has 2 bridgehead atoms. The molecule has 1 saturated carbocycles. The van der Waals surface area contributed by atoms with E-state index < -0.39 is 0 Å². The Labute approximate surface area is 49.7 Å². The summed E-state index contributed by atoms with van der Waals surface area (Å²) in [5.74, 6) is 0. The third kappa shape index (κ3) is 0.327. The smallest absolute Gasteiger partial charge is 0.0355 e. The molecule has 1 aliphatic carbocycles. The molecule has 2 saturated heterocycles. The Balaban J connectivity index is 2.15. The van der Waals surface area contributed by atoms with Crippen molar-refractivity contribution >= 4 is 0 Å². The number of rotatable bonds is 0. The van der Waals surface area contributed by atoms with Gasteiger partial charge < -0.3 is 5.73 Å². The van der Waals surface area contributed by atoms with E-state index in [1.165, 1.54) is 12.8 Å². The molecule has 1 unspecified atom stereocenters. The zero-order valence-electron chi connectivity index (χ0n) is 5.17. The maximum Gasteiger partial charge on any atom is 0.0355 e. The molecule has 0 aromatic carbocycles. The third-order valence-corrected chi connectivity index (χ3v) is 2.69. The van der Waals surface area contributed by atoms with E-state index in [0.29, 0.717) is 6.04 Å². The SMILES string of the molecule is CN1[C@@H]2CC[C@H]1C2N. The number of hydrogen-bond acceptors (Lipinski definition) is 2. The van der Waals surface area contributed by atoms with E-state index in [1.807, 2.05) is 0 Å². The lowest BCUT2D eigenvalue weighted by atomic mass is 9.99. The van der Waals surface area contributed by atoms with Crippen LogP contribution in [0.25, 0.3) is 0 Å². The first-order valence-corrected chi connectivity index (χ1v) is 3.28. The zero-order valence-corrected chi connectivity index (χ0v) is 5.17.